The van der Waals surface area contributed by atoms with Crippen molar-refractivity contribution in [3.8, 4) is 0 Å². The molecule has 0 bridgehead atoms. The Morgan fingerprint density at radius 3 is 2.81 bits per heavy atom. The molecule has 0 radical (unpaired) electrons. The molecule has 0 spiro atoms. The van der Waals surface area contributed by atoms with Crippen molar-refractivity contribution in [1.82, 2.24) is 15.0 Å². The van der Waals surface area contributed by atoms with Gasteiger partial charge in [0.2, 0.25) is 0 Å². The highest BCUT2D eigenvalue weighted by Gasteiger charge is 2.35. The first kappa shape index (κ1) is 15.6. The molecule has 1 saturated heterocycles. The maximum Gasteiger partial charge on any atom is 0.255 e. The van der Waals surface area contributed by atoms with E-state index in [1.54, 1.807) is 0 Å². The van der Waals surface area contributed by atoms with Gasteiger partial charge in [0, 0.05) is 29.6 Å². The van der Waals surface area contributed by atoms with Crippen LogP contribution in [0.4, 0.5) is 0 Å². The lowest BCUT2D eigenvalue weighted by atomic mass is 10.0. The molecule has 1 aliphatic heterocycles. The third-order valence-corrected chi connectivity index (χ3v) is 5.45. The van der Waals surface area contributed by atoms with Crippen LogP contribution in [-0.2, 0) is 0 Å². The van der Waals surface area contributed by atoms with Gasteiger partial charge in [0.1, 0.15) is 0 Å². The Labute approximate surface area is 152 Å². The van der Waals surface area contributed by atoms with Gasteiger partial charge in [-0.25, -0.2) is 0 Å². The van der Waals surface area contributed by atoms with Crippen LogP contribution in [0.15, 0.2) is 40.9 Å². The summed E-state index contributed by atoms with van der Waals surface area (Å²) >= 11 is 0. The van der Waals surface area contributed by atoms with Crippen LogP contribution in [-0.4, -0.2) is 27.5 Å². The predicted molar refractivity (Wildman–Crippen MR) is 98.0 cm³/mol. The Hall–Kier alpha value is -2.69. The first-order valence-electron chi connectivity index (χ1n) is 9.34. The average Bonchev–Trinajstić information content (AvgIpc) is 3.24. The van der Waals surface area contributed by atoms with E-state index in [-0.39, 0.29) is 11.9 Å². The van der Waals surface area contributed by atoms with Crippen LogP contribution in [0.25, 0.3) is 10.9 Å². The Morgan fingerprint density at radius 2 is 2.04 bits per heavy atom. The van der Waals surface area contributed by atoms with Crippen LogP contribution < -0.4 is 0 Å². The summed E-state index contributed by atoms with van der Waals surface area (Å²) in [6.45, 7) is 2.66. The molecule has 2 aromatic heterocycles. The number of likely N-dealkylation sites (tertiary alicyclic amines) is 1. The number of nitrogens with zero attached hydrogens (tertiary/aromatic N) is 3. The summed E-state index contributed by atoms with van der Waals surface area (Å²) in [4.78, 5) is 20.2. The van der Waals surface area contributed by atoms with Gasteiger partial charge in [0.25, 0.3) is 5.91 Å². The van der Waals surface area contributed by atoms with Crippen LogP contribution in [0.3, 0.4) is 0 Å². The minimum Gasteiger partial charge on any atom is -0.359 e. The molecule has 5 rings (SSSR count). The molecule has 26 heavy (non-hydrogen) atoms. The van der Waals surface area contributed by atoms with Gasteiger partial charge in [-0.05, 0) is 44.7 Å². The van der Waals surface area contributed by atoms with Gasteiger partial charge in [0.15, 0.2) is 5.76 Å². The molecule has 1 aliphatic carbocycles. The van der Waals surface area contributed by atoms with Crippen molar-refractivity contribution >= 4 is 16.8 Å². The molecule has 1 unspecified atom stereocenters. The first-order chi connectivity index (χ1) is 12.7. The number of para-hydroxylation sites is 1. The first-order valence-corrected chi connectivity index (χ1v) is 9.34. The number of aryl methyl sites for hydroxylation is 1. The fraction of sp³-hybridized carbons (Fsp3) is 0.381. The standard InChI is InChI=1S/C21H21N3O2/c1-13-11-20(26-23-13)19-7-4-10-24(19)21(25)16-12-18(14-8-9-14)22-17-6-3-2-5-15(16)17/h2-3,5-6,11-12,14,19H,4,7-10H2,1H3. The van der Waals surface area contributed by atoms with E-state index in [1.165, 1.54) is 12.8 Å². The molecule has 2 aliphatic rings. The number of carbonyl (C=O) groups excluding carboxylic acids is 1. The van der Waals surface area contributed by atoms with Crippen molar-refractivity contribution in [3.05, 3.63) is 59.1 Å². The van der Waals surface area contributed by atoms with E-state index in [0.29, 0.717) is 5.92 Å². The molecule has 5 nitrogen and oxygen atoms in total. The Kier molecular flexibility index (Phi) is 3.55. The van der Waals surface area contributed by atoms with Crippen LogP contribution in [0.1, 0.15) is 65.1 Å². The van der Waals surface area contributed by atoms with Gasteiger partial charge in [-0.3, -0.25) is 9.78 Å². The van der Waals surface area contributed by atoms with E-state index in [9.17, 15) is 4.79 Å². The number of aromatic nitrogens is 2. The van der Waals surface area contributed by atoms with E-state index >= 15 is 0 Å². The fourth-order valence-electron chi connectivity index (χ4n) is 3.96. The predicted octanol–water partition coefficient (Wildman–Crippen LogP) is 4.39. The maximum absolute atomic E-state index is 13.5. The third kappa shape index (κ3) is 2.59. The Balaban J connectivity index is 1.57. The summed E-state index contributed by atoms with van der Waals surface area (Å²) < 4.78 is 5.47. The Bertz CT molecular complexity index is 990. The van der Waals surface area contributed by atoms with Crippen LogP contribution in [0.5, 0.6) is 0 Å². The molecule has 1 saturated carbocycles. The summed E-state index contributed by atoms with van der Waals surface area (Å²) in [6.07, 6.45) is 4.23. The van der Waals surface area contributed by atoms with Crippen molar-refractivity contribution in [2.24, 2.45) is 0 Å². The molecule has 5 heteroatoms. The van der Waals surface area contributed by atoms with Crippen molar-refractivity contribution in [2.75, 3.05) is 6.54 Å². The van der Waals surface area contributed by atoms with Gasteiger partial charge < -0.3 is 9.42 Å². The second-order valence-corrected chi connectivity index (χ2v) is 7.41. The summed E-state index contributed by atoms with van der Waals surface area (Å²) in [5, 5.41) is 4.93. The zero-order valence-corrected chi connectivity index (χ0v) is 14.8. The molecular formula is C21H21N3O2. The minimum atomic E-state index is -0.0278. The number of pyridine rings is 1. The highest BCUT2D eigenvalue weighted by Crippen LogP contribution is 2.41. The molecule has 1 atom stereocenters. The normalized spacial score (nSPS) is 20.0. The highest BCUT2D eigenvalue weighted by atomic mass is 16.5. The quantitative estimate of drug-likeness (QED) is 0.705. The minimum absolute atomic E-state index is 0.0278. The van der Waals surface area contributed by atoms with Crippen LogP contribution in [0.2, 0.25) is 0 Å². The lowest BCUT2D eigenvalue weighted by Gasteiger charge is -2.23. The number of hydrogen-bond donors (Lipinski definition) is 0. The van der Waals surface area contributed by atoms with E-state index in [4.69, 9.17) is 9.51 Å². The number of rotatable bonds is 3. The van der Waals surface area contributed by atoms with Crippen molar-refractivity contribution in [1.29, 1.82) is 0 Å². The Morgan fingerprint density at radius 1 is 1.19 bits per heavy atom. The van der Waals surface area contributed by atoms with Gasteiger partial charge in [-0.15, -0.1) is 0 Å². The molecule has 132 valence electrons. The van der Waals surface area contributed by atoms with E-state index in [1.807, 2.05) is 48.2 Å². The zero-order chi connectivity index (χ0) is 17.7. The second kappa shape index (κ2) is 5.94. The van der Waals surface area contributed by atoms with Gasteiger partial charge in [-0.2, -0.15) is 0 Å². The zero-order valence-electron chi connectivity index (χ0n) is 14.8. The number of carbonyl (C=O) groups is 1. The van der Waals surface area contributed by atoms with E-state index in [0.717, 1.165) is 53.0 Å². The van der Waals surface area contributed by atoms with Gasteiger partial charge in [-0.1, -0.05) is 23.4 Å². The van der Waals surface area contributed by atoms with E-state index < -0.39 is 0 Å². The van der Waals surface area contributed by atoms with Crippen molar-refractivity contribution < 1.29 is 9.32 Å². The maximum atomic E-state index is 13.5. The highest BCUT2D eigenvalue weighted by molar-refractivity contribution is 6.06. The summed E-state index contributed by atoms with van der Waals surface area (Å²) in [5.41, 5.74) is 3.58. The fourth-order valence-corrected chi connectivity index (χ4v) is 3.96. The number of hydrogen-bond acceptors (Lipinski definition) is 4. The molecule has 3 aromatic rings. The molecule has 3 heterocycles. The molecule has 1 amide bonds. The molecular weight excluding hydrogens is 326 g/mol. The monoisotopic (exact) mass is 347 g/mol. The third-order valence-electron chi connectivity index (χ3n) is 5.45. The SMILES string of the molecule is Cc1cc(C2CCCN2C(=O)c2cc(C3CC3)nc3ccccc23)on1. The number of benzene rings is 1. The summed E-state index contributed by atoms with van der Waals surface area (Å²) in [7, 11) is 0. The van der Waals surface area contributed by atoms with E-state index in [2.05, 4.69) is 5.16 Å². The number of fused-ring (bicyclic) bond motifs is 1. The molecule has 0 N–H and O–H groups in total. The smallest absolute Gasteiger partial charge is 0.255 e. The van der Waals surface area contributed by atoms with Gasteiger partial charge in [0.05, 0.1) is 22.8 Å². The average molecular weight is 347 g/mol. The lowest BCUT2D eigenvalue weighted by Crippen LogP contribution is -2.30. The second-order valence-electron chi connectivity index (χ2n) is 7.41. The summed E-state index contributed by atoms with van der Waals surface area (Å²) in [6, 6.07) is 11.9. The van der Waals surface area contributed by atoms with Crippen LogP contribution >= 0.6 is 0 Å². The molecule has 1 aromatic carbocycles. The van der Waals surface area contributed by atoms with Crippen molar-refractivity contribution in [2.45, 2.75) is 44.6 Å². The summed E-state index contributed by atoms with van der Waals surface area (Å²) in [5.74, 6) is 1.37. The number of amides is 1. The molecule has 2 fully saturated rings. The topological polar surface area (TPSA) is 59.2 Å². The van der Waals surface area contributed by atoms with Crippen molar-refractivity contribution in [3.63, 3.8) is 0 Å². The van der Waals surface area contributed by atoms with Gasteiger partial charge >= 0.3 is 0 Å². The largest absolute Gasteiger partial charge is 0.359 e. The van der Waals surface area contributed by atoms with Crippen LogP contribution in [0, 0.1) is 6.92 Å². The lowest BCUT2D eigenvalue weighted by molar-refractivity contribution is 0.0716.